The van der Waals surface area contributed by atoms with Crippen molar-refractivity contribution < 1.29 is 13.6 Å². The van der Waals surface area contributed by atoms with Gasteiger partial charge in [-0.1, -0.05) is 6.07 Å². The van der Waals surface area contributed by atoms with Crippen LogP contribution in [0.3, 0.4) is 0 Å². The van der Waals surface area contributed by atoms with E-state index in [9.17, 15) is 9.00 Å². The Labute approximate surface area is 77.3 Å². The van der Waals surface area contributed by atoms with Crippen LogP contribution in [0.4, 0.5) is 0 Å². The molecule has 1 rings (SSSR count). The molecular weight excluding hydrogens is 192 g/mol. The van der Waals surface area contributed by atoms with Crippen LogP contribution in [-0.4, -0.2) is 19.7 Å². The van der Waals surface area contributed by atoms with E-state index in [1.165, 1.54) is 6.20 Å². The largest absolute Gasteiger partial charge is 0.364 e. The summed E-state index contributed by atoms with van der Waals surface area (Å²) in [7, 11) is 0. The number of hydrogen-bond donors (Lipinski definition) is 2. The Morgan fingerprint density at radius 1 is 1.69 bits per heavy atom. The lowest BCUT2D eigenvalue weighted by Gasteiger charge is -2.01. The number of aromatic nitrogens is 1. The molecule has 1 aromatic heterocycles. The molecule has 1 unspecified atom stereocenters. The molecular formula is C7H8N2O3S. The van der Waals surface area contributed by atoms with Crippen molar-refractivity contribution in [2.75, 3.05) is 0 Å². The number of carbonyl (C=O) groups is 1. The van der Waals surface area contributed by atoms with Crippen molar-refractivity contribution in [1.82, 2.24) is 4.98 Å². The fraction of sp³-hybridized carbons (Fsp3) is 0.143. The quantitative estimate of drug-likeness (QED) is 0.666. The third-order valence-electron chi connectivity index (χ3n) is 1.40. The van der Waals surface area contributed by atoms with Gasteiger partial charge in [0.15, 0.2) is 11.1 Å². The first kappa shape index (κ1) is 9.82. The predicted molar refractivity (Wildman–Crippen MR) is 47.2 cm³/mol. The average Bonchev–Trinajstić information content (AvgIpc) is 2.03. The summed E-state index contributed by atoms with van der Waals surface area (Å²) in [6.45, 7) is 0. The van der Waals surface area contributed by atoms with Gasteiger partial charge in [-0.25, -0.2) is 4.21 Å². The molecule has 0 aliphatic rings. The van der Waals surface area contributed by atoms with Crippen LogP contribution in [0.2, 0.25) is 0 Å². The van der Waals surface area contributed by atoms with Crippen molar-refractivity contribution >= 4 is 17.0 Å². The van der Waals surface area contributed by atoms with E-state index in [0.717, 1.165) is 0 Å². The highest BCUT2D eigenvalue weighted by Crippen LogP contribution is 2.06. The Kier molecular flexibility index (Phi) is 3.10. The second kappa shape index (κ2) is 4.11. The molecule has 0 fully saturated rings. The van der Waals surface area contributed by atoms with Gasteiger partial charge in [0.25, 0.3) is 5.91 Å². The summed E-state index contributed by atoms with van der Waals surface area (Å²) in [6, 6.07) is 3.12. The van der Waals surface area contributed by atoms with Crippen molar-refractivity contribution in [3.05, 3.63) is 29.6 Å². The summed E-state index contributed by atoms with van der Waals surface area (Å²) >= 11 is -1.99. The van der Waals surface area contributed by atoms with E-state index in [1.807, 2.05) is 0 Å². The Morgan fingerprint density at radius 3 is 2.92 bits per heavy atom. The average molecular weight is 200 g/mol. The van der Waals surface area contributed by atoms with Gasteiger partial charge in [-0.15, -0.1) is 0 Å². The van der Waals surface area contributed by atoms with Gasteiger partial charge in [0.2, 0.25) is 0 Å². The molecule has 0 saturated carbocycles. The highest BCUT2D eigenvalue weighted by Gasteiger charge is 2.10. The van der Waals surface area contributed by atoms with E-state index in [1.54, 1.807) is 12.1 Å². The van der Waals surface area contributed by atoms with Crippen molar-refractivity contribution in [2.45, 2.75) is 5.75 Å². The molecule has 0 aliphatic carbocycles. The molecule has 1 heterocycles. The normalized spacial score (nSPS) is 12.4. The van der Waals surface area contributed by atoms with Crippen LogP contribution in [0.15, 0.2) is 18.3 Å². The first-order valence-corrected chi connectivity index (χ1v) is 4.70. The summed E-state index contributed by atoms with van der Waals surface area (Å²) < 4.78 is 19.1. The number of primary amides is 1. The molecule has 0 aliphatic heterocycles. The molecule has 0 spiro atoms. The van der Waals surface area contributed by atoms with E-state index in [4.69, 9.17) is 10.3 Å². The monoisotopic (exact) mass is 200 g/mol. The lowest BCUT2D eigenvalue weighted by Crippen LogP contribution is -2.16. The highest BCUT2D eigenvalue weighted by molar-refractivity contribution is 7.78. The number of nitrogens with zero attached hydrogens (tertiary/aromatic N) is 1. The molecule has 0 aromatic carbocycles. The summed E-state index contributed by atoms with van der Waals surface area (Å²) in [6.07, 6.45) is 1.41. The van der Waals surface area contributed by atoms with E-state index in [-0.39, 0.29) is 11.4 Å². The standard InChI is InChI=1S/C7H8N2O3S/c8-7(10)6-5(4-13(11)12)2-1-3-9-6/h1-3H,4H2,(H2,8,10)(H,11,12). The fourth-order valence-corrected chi connectivity index (χ4v) is 1.41. The van der Waals surface area contributed by atoms with Gasteiger partial charge >= 0.3 is 0 Å². The van der Waals surface area contributed by atoms with Gasteiger partial charge in [0.1, 0.15) is 5.69 Å². The molecule has 6 heteroatoms. The predicted octanol–water partition coefficient (Wildman–Crippen LogP) is -0.0978. The zero-order chi connectivity index (χ0) is 9.84. The maximum Gasteiger partial charge on any atom is 0.267 e. The van der Waals surface area contributed by atoms with Gasteiger partial charge in [0, 0.05) is 6.20 Å². The van der Waals surface area contributed by atoms with Gasteiger partial charge < -0.3 is 10.3 Å². The SMILES string of the molecule is NC(=O)c1ncccc1CS(=O)O. The Hall–Kier alpha value is -1.27. The highest BCUT2D eigenvalue weighted by atomic mass is 32.2. The minimum atomic E-state index is -1.99. The van der Waals surface area contributed by atoms with Crippen molar-refractivity contribution in [2.24, 2.45) is 5.73 Å². The van der Waals surface area contributed by atoms with Crippen molar-refractivity contribution in [3.63, 3.8) is 0 Å². The zero-order valence-corrected chi connectivity index (χ0v) is 7.45. The number of hydrogen-bond acceptors (Lipinski definition) is 3. The molecule has 1 amide bonds. The summed E-state index contributed by atoms with van der Waals surface area (Å²) in [4.78, 5) is 14.5. The third-order valence-corrected chi connectivity index (χ3v) is 1.96. The molecule has 0 bridgehead atoms. The van der Waals surface area contributed by atoms with E-state index in [0.29, 0.717) is 5.56 Å². The lowest BCUT2D eigenvalue weighted by atomic mass is 10.2. The molecule has 3 N–H and O–H groups in total. The number of rotatable bonds is 3. The van der Waals surface area contributed by atoms with Crippen LogP contribution in [0, 0.1) is 0 Å². The molecule has 70 valence electrons. The number of carbonyl (C=O) groups excluding carboxylic acids is 1. The second-order valence-corrected chi connectivity index (χ2v) is 3.27. The molecule has 1 atom stereocenters. The van der Waals surface area contributed by atoms with Crippen LogP contribution < -0.4 is 5.73 Å². The Bertz CT molecular complexity index is 353. The topological polar surface area (TPSA) is 93.3 Å². The van der Waals surface area contributed by atoms with Gasteiger partial charge in [-0.05, 0) is 11.6 Å². The summed E-state index contributed by atoms with van der Waals surface area (Å²) in [5.74, 6) is -0.826. The third kappa shape index (κ3) is 2.60. The summed E-state index contributed by atoms with van der Waals surface area (Å²) in [5.41, 5.74) is 5.44. The maximum atomic E-state index is 10.8. The smallest absolute Gasteiger partial charge is 0.267 e. The zero-order valence-electron chi connectivity index (χ0n) is 6.64. The first-order valence-electron chi connectivity index (χ1n) is 3.42. The Morgan fingerprint density at radius 2 is 2.38 bits per heavy atom. The molecule has 13 heavy (non-hydrogen) atoms. The Balaban J connectivity index is 3.04. The minimum absolute atomic E-state index is 0.0462. The first-order chi connectivity index (χ1) is 6.11. The second-order valence-electron chi connectivity index (χ2n) is 2.34. The van der Waals surface area contributed by atoms with Crippen LogP contribution in [0.5, 0.6) is 0 Å². The van der Waals surface area contributed by atoms with Crippen LogP contribution in [0.1, 0.15) is 16.1 Å². The van der Waals surface area contributed by atoms with Gasteiger partial charge in [-0.2, -0.15) is 0 Å². The lowest BCUT2D eigenvalue weighted by molar-refractivity contribution is 0.0995. The molecule has 0 saturated heterocycles. The van der Waals surface area contributed by atoms with Gasteiger partial charge in [0.05, 0.1) is 5.75 Å². The van der Waals surface area contributed by atoms with Crippen LogP contribution in [0.25, 0.3) is 0 Å². The van der Waals surface area contributed by atoms with Crippen LogP contribution >= 0.6 is 0 Å². The molecule has 5 nitrogen and oxygen atoms in total. The van der Waals surface area contributed by atoms with Crippen LogP contribution in [-0.2, 0) is 16.8 Å². The number of nitrogens with two attached hydrogens (primary N) is 1. The van der Waals surface area contributed by atoms with E-state index in [2.05, 4.69) is 4.98 Å². The number of amides is 1. The molecule has 1 aromatic rings. The fourth-order valence-electron chi connectivity index (χ4n) is 0.910. The van der Waals surface area contributed by atoms with E-state index < -0.39 is 17.0 Å². The maximum absolute atomic E-state index is 10.8. The van der Waals surface area contributed by atoms with Crippen molar-refractivity contribution in [3.8, 4) is 0 Å². The minimum Gasteiger partial charge on any atom is -0.364 e. The van der Waals surface area contributed by atoms with E-state index >= 15 is 0 Å². The molecule has 0 radical (unpaired) electrons. The van der Waals surface area contributed by atoms with Crippen molar-refractivity contribution in [1.29, 1.82) is 0 Å². The van der Waals surface area contributed by atoms with Gasteiger partial charge in [-0.3, -0.25) is 9.78 Å². The summed E-state index contributed by atoms with van der Waals surface area (Å²) in [5, 5.41) is 0. The number of pyridine rings is 1.